The van der Waals surface area contributed by atoms with E-state index >= 15 is 0 Å². The summed E-state index contributed by atoms with van der Waals surface area (Å²) in [5, 5.41) is 11.8. The molecule has 0 spiro atoms. The highest BCUT2D eigenvalue weighted by Gasteiger charge is 2.76. The molecular weight excluding hydrogens is 520 g/mol. The fraction of sp³-hybridized carbons (Fsp3) is 0.548. The van der Waals surface area contributed by atoms with Crippen molar-refractivity contribution in [2.75, 3.05) is 6.61 Å². The largest absolute Gasteiger partial charge is 0.454 e. The van der Waals surface area contributed by atoms with Crippen LogP contribution in [0.2, 0.25) is 0 Å². The van der Waals surface area contributed by atoms with Gasteiger partial charge in [0, 0.05) is 23.7 Å². The fourth-order valence-electron chi connectivity index (χ4n) is 8.52. The van der Waals surface area contributed by atoms with Crippen molar-refractivity contribution in [3.63, 3.8) is 0 Å². The summed E-state index contributed by atoms with van der Waals surface area (Å²) in [6.45, 7) is 6.45. The van der Waals surface area contributed by atoms with E-state index in [2.05, 4.69) is 0 Å². The van der Waals surface area contributed by atoms with E-state index in [0.717, 1.165) is 5.57 Å². The summed E-state index contributed by atoms with van der Waals surface area (Å²) in [4.78, 5) is 50.2. The van der Waals surface area contributed by atoms with Gasteiger partial charge in [-0.25, -0.2) is 4.79 Å². The summed E-state index contributed by atoms with van der Waals surface area (Å²) < 4.78 is 11.4. The summed E-state index contributed by atoms with van der Waals surface area (Å²) in [5.41, 5.74) is -2.08. The van der Waals surface area contributed by atoms with Gasteiger partial charge in [0.1, 0.15) is 0 Å². The smallest absolute Gasteiger partial charge is 0.338 e. The molecule has 1 N–H and O–H groups in total. The molecule has 0 unspecified atom stereocenters. The van der Waals surface area contributed by atoms with Gasteiger partial charge in [-0.15, -0.1) is 11.6 Å². The number of ether oxygens (including phenoxy) is 2. The van der Waals surface area contributed by atoms with Gasteiger partial charge in [0.15, 0.2) is 18.0 Å². The number of hydrogen-bond donors (Lipinski definition) is 1. The maximum atomic E-state index is 14.1. The number of halogens is 1. The second kappa shape index (κ2) is 9.41. The molecule has 7 nitrogen and oxygen atoms in total. The van der Waals surface area contributed by atoms with Crippen molar-refractivity contribution in [3.8, 4) is 0 Å². The minimum Gasteiger partial charge on any atom is -0.454 e. The van der Waals surface area contributed by atoms with E-state index in [1.165, 1.54) is 13.0 Å². The number of alkyl halides is 1. The van der Waals surface area contributed by atoms with Crippen LogP contribution in [0.25, 0.3) is 0 Å². The number of carbonyl (C=O) groups is 4. The Bertz CT molecular complexity index is 1290. The maximum Gasteiger partial charge on any atom is 0.338 e. The first-order valence-electron chi connectivity index (χ1n) is 13.6. The number of carbonyl (C=O) groups excluding carboxylic acids is 4. The summed E-state index contributed by atoms with van der Waals surface area (Å²) in [6.07, 6.45) is 5.84. The molecule has 0 bridgehead atoms. The molecule has 3 fully saturated rings. The van der Waals surface area contributed by atoms with Gasteiger partial charge in [-0.3, -0.25) is 14.4 Å². The van der Waals surface area contributed by atoms with E-state index in [-0.39, 0.29) is 24.0 Å². The molecule has 0 saturated heterocycles. The quantitative estimate of drug-likeness (QED) is 0.418. The van der Waals surface area contributed by atoms with Crippen molar-refractivity contribution >= 4 is 35.1 Å². The Kier molecular flexibility index (Phi) is 6.70. The Morgan fingerprint density at radius 3 is 2.49 bits per heavy atom. The molecule has 8 atom stereocenters. The number of allylic oxidation sites excluding steroid dienone is 4. The van der Waals surface area contributed by atoms with Crippen LogP contribution in [-0.4, -0.2) is 51.8 Å². The summed E-state index contributed by atoms with van der Waals surface area (Å²) in [5.74, 6) is -2.62. The Balaban J connectivity index is 1.52. The maximum absolute atomic E-state index is 14.1. The molecule has 5 rings (SSSR count). The van der Waals surface area contributed by atoms with E-state index in [1.54, 1.807) is 36.4 Å². The number of aliphatic hydroxyl groups is 1. The van der Waals surface area contributed by atoms with Gasteiger partial charge in [-0.05, 0) is 61.8 Å². The lowest BCUT2D eigenvalue weighted by atomic mass is 9.45. The summed E-state index contributed by atoms with van der Waals surface area (Å²) in [7, 11) is 0. The molecule has 0 aliphatic heterocycles. The predicted molar refractivity (Wildman–Crippen MR) is 144 cm³/mol. The highest BCUT2D eigenvalue weighted by molar-refractivity contribution is 6.26. The van der Waals surface area contributed by atoms with Gasteiger partial charge in [-0.2, -0.15) is 0 Å². The first kappa shape index (κ1) is 27.8. The number of esters is 2. The molecule has 1 aromatic rings. The van der Waals surface area contributed by atoms with E-state index < -0.39 is 57.7 Å². The average molecular weight is 555 g/mol. The number of fused-ring (bicyclic) bond motifs is 5. The predicted octanol–water partition coefficient (Wildman–Crippen LogP) is 4.60. The lowest BCUT2D eigenvalue weighted by molar-refractivity contribution is -0.201. The van der Waals surface area contributed by atoms with Gasteiger partial charge in [0.05, 0.1) is 16.5 Å². The normalized spacial score (nSPS) is 40.6. The van der Waals surface area contributed by atoms with Gasteiger partial charge >= 0.3 is 11.9 Å². The van der Waals surface area contributed by atoms with Crippen LogP contribution in [0.5, 0.6) is 0 Å². The lowest BCUT2D eigenvalue weighted by Gasteiger charge is -2.64. The molecule has 0 heterocycles. The Labute approximate surface area is 233 Å². The van der Waals surface area contributed by atoms with E-state index in [0.29, 0.717) is 24.8 Å². The van der Waals surface area contributed by atoms with Crippen LogP contribution in [0.4, 0.5) is 0 Å². The Morgan fingerprint density at radius 1 is 1.13 bits per heavy atom. The number of ketones is 2. The van der Waals surface area contributed by atoms with Crippen LogP contribution >= 0.6 is 11.6 Å². The molecule has 0 aromatic heterocycles. The van der Waals surface area contributed by atoms with Gasteiger partial charge in [0.2, 0.25) is 5.78 Å². The van der Waals surface area contributed by atoms with Crippen molar-refractivity contribution in [1.82, 2.24) is 0 Å². The number of hydrogen-bond acceptors (Lipinski definition) is 7. The molecular formula is C31H35ClO7. The average Bonchev–Trinajstić information content (AvgIpc) is 3.10. The molecule has 0 radical (unpaired) electrons. The van der Waals surface area contributed by atoms with Gasteiger partial charge in [-0.1, -0.05) is 50.6 Å². The lowest BCUT2D eigenvalue weighted by Crippen LogP contribution is -2.69. The van der Waals surface area contributed by atoms with E-state index in [1.807, 2.05) is 26.8 Å². The first-order valence-corrected chi connectivity index (χ1v) is 14.0. The third-order valence-corrected chi connectivity index (χ3v) is 11.2. The standard InChI is InChI=1S/C31H35ClO7/c1-18-14-24-23-11-10-21-15-22(34)12-13-28(21,3)30(23,32)25(35)16-29(24,4)31(18,39-19(2)33)26(36)17-38-27(37)20-8-6-5-7-9-20/h5-9,12-13,15,18,23-25,35H,10-11,14,16-17H2,1-4H3/t18-,23+,24+,25+,28+,29+,30+,31+/m1/s1. The third kappa shape index (κ3) is 3.80. The molecule has 4 aliphatic rings. The zero-order valence-corrected chi connectivity index (χ0v) is 23.5. The van der Waals surface area contributed by atoms with E-state index in [4.69, 9.17) is 21.1 Å². The molecule has 3 saturated carbocycles. The van der Waals surface area contributed by atoms with Crippen LogP contribution in [0.15, 0.2) is 54.1 Å². The molecule has 39 heavy (non-hydrogen) atoms. The van der Waals surface area contributed by atoms with Crippen LogP contribution in [0, 0.1) is 28.6 Å². The van der Waals surface area contributed by atoms with Crippen molar-refractivity contribution in [2.45, 2.75) is 70.0 Å². The highest BCUT2D eigenvalue weighted by atomic mass is 35.5. The van der Waals surface area contributed by atoms with Crippen molar-refractivity contribution < 1.29 is 33.8 Å². The molecule has 8 heteroatoms. The van der Waals surface area contributed by atoms with Crippen molar-refractivity contribution in [2.24, 2.45) is 28.6 Å². The fourth-order valence-corrected chi connectivity index (χ4v) is 9.04. The van der Waals surface area contributed by atoms with Crippen LogP contribution in [0.3, 0.4) is 0 Å². The van der Waals surface area contributed by atoms with Crippen molar-refractivity contribution in [1.29, 1.82) is 0 Å². The summed E-state index contributed by atoms with van der Waals surface area (Å²) >= 11 is 7.50. The van der Waals surface area contributed by atoms with E-state index in [9.17, 15) is 24.3 Å². The second-order valence-electron chi connectivity index (χ2n) is 12.1. The molecule has 208 valence electrons. The minimum absolute atomic E-state index is 0.0876. The molecule has 4 aliphatic carbocycles. The number of Topliss-reactive ketones (excluding diaryl/α,β-unsaturated/α-hetero) is 1. The number of benzene rings is 1. The van der Waals surface area contributed by atoms with Crippen LogP contribution < -0.4 is 0 Å². The third-order valence-electron chi connectivity index (χ3n) is 10.2. The second-order valence-corrected chi connectivity index (χ2v) is 12.7. The zero-order valence-electron chi connectivity index (χ0n) is 22.7. The number of rotatable bonds is 5. The minimum atomic E-state index is -1.60. The number of aliphatic hydroxyl groups excluding tert-OH is 1. The molecule has 1 aromatic carbocycles. The Morgan fingerprint density at radius 2 is 1.82 bits per heavy atom. The topological polar surface area (TPSA) is 107 Å². The van der Waals surface area contributed by atoms with Crippen LogP contribution in [-0.2, 0) is 23.9 Å². The first-order chi connectivity index (χ1) is 18.3. The monoisotopic (exact) mass is 554 g/mol. The zero-order chi connectivity index (χ0) is 28.4. The SMILES string of the molecule is CC(=O)O[C@]1(C(=O)COC(=O)c2ccccc2)[C@H](C)C[C@H]2[C@@H]3CCC4=CC(=O)C=C[C@]4(C)[C@@]3(Cl)[C@@H](O)C[C@@]21C. The highest BCUT2D eigenvalue weighted by Crippen LogP contribution is 2.72. The summed E-state index contributed by atoms with van der Waals surface area (Å²) in [6, 6.07) is 8.38. The Hall–Kier alpha value is -2.77. The molecule has 0 amide bonds. The van der Waals surface area contributed by atoms with Gasteiger partial charge < -0.3 is 14.6 Å². The van der Waals surface area contributed by atoms with Crippen LogP contribution in [0.1, 0.15) is 63.7 Å². The van der Waals surface area contributed by atoms with Gasteiger partial charge in [0.25, 0.3) is 0 Å². The van der Waals surface area contributed by atoms with Crippen molar-refractivity contribution in [3.05, 3.63) is 59.7 Å².